The molecule has 2 aromatic rings. The van der Waals surface area contributed by atoms with Crippen LogP contribution in [0.2, 0.25) is 0 Å². The van der Waals surface area contributed by atoms with Gasteiger partial charge in [-0.05, 0) is 61.1 Å². The maximum Gasteiger partial charge on any atom is 0.208 e. The molecule has 1 saturated carbocycles. The molecule has 32 heavy (non-hydrogen) atoms. The van der Waals surface area contributed by atoms with Crippen LogP contribution < -0.4 is 14.8 Å². The van der Waals surface area contributed by atoms with Crippen molar-refractivity contribution in [1.29, 1.82) is 0 Å². The van der Waals surface area contributed by atoms with Crippen molar-refractivity contribution in [3.05, 3.63) is 59.7 Å². The molecule has 1 aliphatic rings. The second kappa shape index (κ2) is 9.91. The number of nitrogens with one attached hydrogen (secondary N) is 2. The van der Waals surface area contributed by atoms with Crippen molar-refractivity contribution in [3.63, 3.8) is 0 Å². The average Bonchev–Trinajstić information content (AvgIpc) is 2.76. The Labute approximate surface area is 191 Å². The SMILES string of the molecule is COc1cccc(C2(CNS(C)(=O)=O)CCC(NCc3ccc(S(C)(=O)=O)cc3)CC2)c1. The number of benzene rings is 2. The van der Waals surface area contributed by atoms with Crippen LogP contribution in [0.15, 0.2) is 53.4 Å². The Morgan fingerprint density at radius 1 is 1.00 bits per heavy atom. The van der Waals surface area contributed by atoms with E-state index in [0.29, 0.717) is 24.0 Å². The smallest absolute Gasteiger partial charge is 0.208 e. The lowest BCUT2D eigenvalue weighted by atomic mass is 9.68. The van der Waals surface area contributed by atoms with E-state index in [9.17, 15) is 16.8 Å². The maximum absolute atomic E-state index is 11.8. The first kappa shape index (κ1) is 24.7. The molecule has 2 aromatic carbocycles. The standard InChI is InChI=1S/C23H32N2O5S2/c1-30-21-6-4-5-19(15-21)23(17-25-32(3,28)29)13-11-20(12-14-23)24-16-18-7-9-22(10-8-18)31(2,26)27/h4-10,15,20,24-25H,11-14,16-17H2,1-3H3. The van der Waals surface area contributed by atoms with Crippen molar-refractivity contribution in [1.82, 2.24) is 10.0 Å². The second-order valence-electron chi connectivity index (χ2n) is 8.68. The third-order valence-corrected chi connectivity index (χ3v) is 8.04. The number of hydrogen-bond acceptors (Lipinski definition) is 6. The number of rotatable bonds is 9. The lowest BCUT2D eigenvalue weighted by molar-refractivity contribution is 0.245. The molecule has 7 nitrogen and oxygen atoms in total. The molecule has 0 spiro atoms. The van der Waals surface area contributed by atoms with Crippen LogP contribution in [0.4, 0.5) is 0 Å². The monoisotopic (exact) mass is 480 g/mol. The maximum atomic E-state index is 11.8. The minimum absolute atomic E-state index is 0.285. The van der Waals surface area contributed by atoms with Gasteiger partial charge in [-0.3, -0.25) is 0 Å². The molecule has 0 saturated heterocycles. The molecular formula is C23H32N2O5S2. The van der Waals surface area contributed by atoms with Gasteiger partial charge >= 0.3 is 0 Å². The van der Waals surface area contributed by atoms with Crippen molar-refractivity contribution < 1.29 is 21.6 Å². The summed E-state index contributed by atoms with van der Waals surface area (Å²) in [6, 6.07) is 15.1. The van der Waals surface area contributed by atoms with Crippen LogP contribution in [0.3, 0.4) is 0 Å². The summed E-state index contributed by atoms with van der Waals surface area (Å²) >= 11 is 0. The Bertz CT molecular complexity index is 1120. The summed E-state index contributed by atoms with van der Waals surface area (Å²) in [5.41, 5.74) is 1.83. The Balaban J connectivity index is 1.67. The van der Waals surface area contributed by atoms with E-state index in [1.165, 1.54) is 12.5 Å². The third-order valence-electron chi connectivity index (χ3n) is 6.24. The highest BCUT2D eigenvalue weighted by Crippen LogP contribution is 2.40. The van der Waals surface area contributed by atoms with Gasteiger partial charge in [-0.1, -0.05) is 24.3 Å². The van der Waals surface area contributed by atoms with Crippen LogP contribution in [0.1, 0.15) is 36.8 Å². The molecule has 3 rings (SSSR count). The molecule has 0 radical (unpaired) electrons. The summed E-state index contributed by atoms with van der Waals surface area (Å²) in [7, 11) is -4.86. The summed E-state index contributed by atoms with van der Waals surface area (Å²) in [4.78, 5) is 0.320. The normalized spacial score (nSPS) is 21.9. The molecule has 0 aromatic heterocycles. The van der Waals surface area contributed by atoms with Gasteiger partial charge in [-0.2, -0.15) is 0 Å². The summed E-state index contributed by atoms with van der Waals surface area (Å²) in [5, 5.41) is 3.57. The molecule has 0 bridgehead atoms. The van der Waals surface area contributed by atoms with Crippen LogP contribution in [-0.4, -0.2) is 49.0 Å². The average molecular weight is 481 g/mol. The zero-order valence-corrected chi connectivity index (χ0v) is 20.4. The number of sulfone groups is 1. The van der Waals surface area contributed by atoms with E-state index >= 15 is 0 Å². The Morgan fingerprint density at radius 3 is 2.22 bits per heavy atom. The third kappa shape index (κ3) is 6.54. The van der Waals surface area contributed by atoms with Crippen LogP contribution in [-0.2, 0) is 31.8 Å². The Morgan fingerprint density at radius 2 is 1.66 bits per heavy atom. The van der Waals surface area contributed by atoms with E-state index in [4.69, 9.17) is 4.74 Å². The summed E-state index contributed by atoms with van der Waals surface area (Å²) in [6.45, 7) is 1.02. The molecule has 0 unspecified atom stereocenters. The lowest BCUT2D eigenvalue weighted by Crippen LogP contribution is -2.46. The van der Waals surface area contributed by atoms with E-state index in [0.717, 1.165) is 42.6 Å². The van der Waals surface area contributed by atoms with Gasteiger partial charge in [0.1, 0.15) is 5.75 Å². The Hall–Kier alpha value is -1.94. The predicted octanol–water partition coefficient (Wildman–Crippen LogP) is 2.62. The zero-order valence-electron chi connectivity index (χ0n) is 18.8. The number of hydrogen-bond donors (Lipinski definition) is 2. The first-order chi connectivity index (χ1) is 15.0. The van der Waals surface area contributed by atoms with Crippen molar-refractivity contribution >= 4 is 19.9 Å². The number of ether oxygens (including phenoxy) is 1. The molecule has 176 valence electrons. The van der Waals surface area contributed by atoms with E-state index in [2.05, 4.69) is 10.0 Å². The second-order valence-corrected chi connectivity index (χ2v) is 12.5. The van der Waals surface area contributed by atoms with Crippen LogP contribution >= 0.6 is 0 Å². The lowest BCUT2D eigenvalue weighted by Gasteiger charge is -2.41. The highest BCUT2D eigenvalue weighted by molar-refractivity contribution is 7.90. The van der Waals surface area contributed by atoms with Gasteiger partial charge in [0.2, 0.25) is 10.0 Å². The van der Waals surface area contributed by atoms with Gasteiger partial charge in [0.05, 0.1) is 18.3 Å². The van der Waals surface area contributed by atoms with Crippen molar-refractivity contribution in [2.45, 2.75) is 48.6 Å². The number of methoxy groups -OCH3 is 1. The van der Waals surface area contributed by atoms with E-state index in [1.54, 1.807) is 19.2 Å². The molecule has 0 atom stereocenters. The highest BCUT2D eigenvalue weighted by Gasteiger charge is 2.37. The molecule has 0 amide bonds. The molecule has 9 heteroatoms. The molecule has 2 N–H and O–H groups in total. The fourth-order valence-corrected chi connectivity index (χ4v) is 5.45. The first-order valence-corrected chi connectivity index (χ1v) is 14.4. The summed E-state index contributed by atoms with van der Waals surface area (Å²) in [5.74, 6) is 0.763. The molecular weight excluding hydrogens is 448 g/mol. The quantitative estimate of drug-likeness (QED) is 0.572. The van der Waals surface area contributed by atoms with Gasteiger partial charge in [0, 0.05) is 30.8 Å². The van der Waals surface area contributed by atoms with Crippen molar-refractivity contribution in [3.8, 4) is 5.75 Å². The minimum Gasteiger partial charge on any atom is -0.497 e. The number of sulfonamides is 1. The van der Waals surface area contributed by atoms with Gasteiger partial charge in [0.15, 0.2) is 9.84 Å². The van der Waals surface area contributed by atoms with Crippen molar-refractivity contribution in [2.24, 2.45) is 0 Å². The highest BCUT2D eigenvalue weighted by atomic mass is 32.2. The fourth-order valence-electron chi connectivity index (χ4n) is 4.28. The van der Waals surface area contributed by atoms with E-state index in [1.807, 2.05) is 36.4 Å². The van der Waals surface area contributed by atoms with Gasteiger partial charge < -0.3 is 10.1 Å². The fraction of sp³-hybridized carbons (Fsp3) is 0.478. The summed E-state index contributed by atoms with van der Waals surface area (Å²) in [6.07, 6.45) is 5.89. The topological polar surface area (TPSA) is 102 Å². The van der Waals surface area contributed by atoms with Crippen molar-refractivity contribution in [2.75, 3.05) is 26.2 Å². The summed E-state index contributed by atoms with van der Waals surface area (Å²) < 4.78 is 54.9. The molecule has 0 heterocycles. The first-order valence-electron chi connectivity index (χ1n) is 10.6. The predicted molar refractivity (Wildman–Crippen MR) is 126 cm³/mol. The van der Waals surface area contributed by atoms with Gasteiger partial charge in [-0.25, -0.2) is 21.6 Å². The van der Waals surface area contributed by atoms with Crippen LogP contribution in [0, 0.1) is 0 Å². The largest absolute Gasteiger partial charge is 0.497 e. The molecule has 1 fully saturated rings. The van der Waals surface area contributed by atoms with E-state index in [-0.39, 0.29) is 5.41 Å². The minimum atomic E-state index is -3.30. The van der Waals surface area contributed by atoms with Crippen LogP contribution in [0.25, 0.3) is 0 Å². The molecule has 1 aliphatic carbocycles. The van der Waals surface area contributed by atoms with Gasteiger partial charge in [0.25, 0.3) is 0 Å². The van der Waals surface area contributed by atoms with E-state index < -0.39 is 19.9 Å². The molecule has 0 aliphatic heterocycles. The van der Waals surface area contributed by atoms with Gasteiger partial charge in [-0.15, -0.1) is 0 Å². The Kier molecular flexibility index (Phi) is 7.65. The van der Waals surface area contributed by atoms with Crippen LogP contribution in [0.5, 0.6) is 5.75 Å². The zero-order chi connectivity index (χ0) is 23.4.